The Morgan fingerprint density at radius 1 is 1.19 bits per heavy atom. The molecule has 0 aromatic carbocycles. The highest BCUT2D eigenvalue weighted by Gasteiger charge is 2.25. The maximum atomic E-state index is 9.34. The van der Waals surface area contributed by atoms with E-state index in [4.69, 9.17) is 12.2 Å². The highest BCUT2D eigenvalue weighted by atomic mass is 32.1. The third kappa shape index (κ3) is 2.86. The Morgan fingerprint density at radius 3 is 2.56 bits per heavy atom. The van der Waals surface area contributed by atoms with E-state index in [-0.39, 0.29) is 12.6 Å². The molecule has 0 amide bonds. The molecule has 2 aliphatic rings. The van der Waals surface area contributed by atoms with Crippen molar-refractivity contribution in [2.24, 2.45) is 0 Å². The number of aliphatic hydroxyl groups excluding tert-OH is 1. The Balaban J connectivity index is 1.86. The summed E-state index contributed by atoms with van der Waals surface area (Å²) in [5, 5.41) is 13.7. The lowest BCUT2D eigenvalue weighted by Crippen LogP contribution is -2.51. The quantitative estimate of drug-likeness (QED) is 0.722. The van der Waals surface area contributed by atoms with Crippen molar-refractivity contribution in [2.45, 2.75) is 57.0 Å². The van der Waals surface area contributed by atoms with Crippen molar-refractivity contribution in [2.75, 3.05) is 13.2 Å². The Kier molecular flexibility index (Phi) is 4.41. The predicted molar refractivity (Wildman–Crippen MR) is 69.4 cm³/mol. The van der Waals surface area contributed by atoms with Crippen LogP contribution < -0.4 is 5.32 Å². The summed E-state index contributed by atoms with van der Waals surface area (Å²) in [7, 11) is 0. The fourth-order valence-electron chi connectivity index (χ4n) is 2.79. The van der Waals surface area contributed by atoms with Gasteiger partial charge in [0.05, 0.1) is 12.6 Å². The number of rotatable bonds is 2. The zero-order chi connectivity index (χ0) is 11.4. The predicted octanol–water partition coefficient (Wildman–Crippen LogP) is 1.65. The fraction of sp³-hybridized carbons (Fsp3) is 0.917. The van der Waals surface area contributed by atoms with Crippen LogP contribution in [0.4, 0.5) is 0 Å². The van der Waals surface area contributed by atoms with Crippen molar-refractivity contribution in [1.29, 1.82) is 0 Å². The lowest BCUT2D eigenvalue weighted by molar-refractivity contribution is 0.145. The lowest BCUT2D eigenvalue weighted by atomic mass is 10.0. The van der Waals surface area contributed by atoms with Crippen LogP contribution in [0.5, 0.6) is 0 Å². The highest BCUT2D eigenvalue weighted by Crippen LogP contribution is 2.20. The molecule has 1 saturated carbocycles. The first-order chi connectivity index (χ1) is 7.81. The lowest BCUT2D eigenvalue weighted by Gasteiger charge is -2.37. The number of aliphatic hydroxyl groups is 1. The Hall–Kier alpha value is -0.350. The molecular weight excluding hydrogens is 220 g/mol. The summed E-state index contributed by atoms with van der Waals surface area (Å²) in [6.07, 6.45) is 8.63. The second kappa shape index (κ2) is 5.82. The van der Waals surface area contributed by atoms with Gasteiger partial charge in [0.15, 0.2) is 5.11 Å². The number of thiocarbonyl (C=S) groups is 1. The summed E-state index contributed by atoms with van der Waals surface area (Å²) in [5.41, 5.74) is 0. The van der Waals surface area contributed by atoms with Gasteiger partial charge in [0.1, 0.15) is 0 Å². The van der Waals surface area contributed by atoms with Crippen molar-refractivity contribution < 1.29 is 5.11 Å². The first kappa shape index (κ1) is 12.1. The first-order valence-corrected chi connectivity index (χ1v) is 6.90. The molecule has 2 fully saturated rings. The largest absolute Gasteiger partial charge is 0.394 e. The van der Waals surface area contributed by atoms with E-state index < -0.39 is 0 Å². The van der Waals surface area contributed by atoms with Gasteiger partial charge in [-0.05, 0) is 44.3 Å². The summed E-state index contributed by atoms with van der Waals surface area (Å²) in [5.74, 6) is 0. The van der Waals surface area contributed by atoms with Crippen LogP contribution in [0.25, 0.3) is 0 Å². The van der Waals surface area contributed by atoms with Crippen molar-refractivity contribution in [3.8, 4) is 0 Å². The molecule has 1 atom stereocenters. The second-order valence-electron chi connectivity index (χ2n) is 4.96. The minimum atomic E-state index is 0.229. The van der Waals surface area contributed by atoms with Crippen molar-refractivity contribution >= 4 is 17.3 Å². The highest BCUT2D eigenvalue weighted by molar-refractivity contribution is 7.80. The molecule has 1 unspecified atom stereocenters. The minimum Gasteiger partial charge on any atom is -0.394 e. The third-order valence-electron chi connectivity index (χ3n) is 3.78. The van der Waals surface area contributed by atoms with E-state index in [0.717, 1.165) is 18.1 Å². The van der Waals surface area contributed by atoms with Crippen LogP contribution in [0.15, 0.2) is 0 Å². The van der Waals surface area contributed by atoms with E-state index in [1.165, 1.54) is 38.5 Å². The summed E-state index contributed by atoms with van der Waals surface area (Å²) in [6, 6.07) is 0.823. The van der Waals surface area contributed by atoms with Gasteiger partial charge in [-0.3, -0.25) is 0 Å². The van der Waals surface area contributed by atoms with E-state index >= 15 is 0 Å². The van der Waals surface area contributed by atoms with Crippen LogP contribution in [0.2, 0.25) is 0 Å². The molecule has 2 N–H and O–H groups in total. The van der Waals surface area contributed by atoms with E-state index in [2.05, 4.69) is 10.2 Å². The number of likely N-dealkylation sites (tertiary alicyclic amines) is 1. The Labute approximate surface area is 103 Å². The van der Waals surface area contributed by atoms with E-state index in [1.807, 2.05) is 0 Å². The smallest absolute Gasteiger partial charge is 0.169 e. The van der Waals surface area contributed by atoms with Gasteiger partial charge in [-0.15, -0.1) is 0 Å². The average molecular weight is 242 g/mol. The molecule has 0 radical (unpaired) electrons. The second-order valence-corrected chi connectivity index (χ2v) is 5.34. The van der Waals surface area contributed by atoms with Crippen LogP contribution >= 0.6 is 12.2 Å². The summed E-state index contributed by atoms with van der Waals surface area (Å²) in [6.45, 7) is 1.23. The Morgan fingerprint density at radius 2 is 1.88 bits per heavy atom. The SMILES string of the molecule is OCC1CCCCN1C(=S)NC1CCCC1. The van der Waals surface area contributed by atoms with Gasteiger partial charge in [-0.25, -0.2) is 0 Å². The number of nitrogens with one attached hydrogen (secondary N) is 1. The van der Waals surface area contributed by atoms with Gasteiger partial charge in [0, 0.05) is 12.6 Å². The maximum Gasteiger partial charge on any atom is 0.169 e. The van der Waals surface area contributed by atoms with Crippen LogP contribution in [0.1, 0.15) is 44.9 Å². The Bertz CT molecular complexity index is 241. The van der Waals surface area contributed by atoms with E-state index in [0.29, 0.717) is 6.04 Å². The molecule has 1 heterocycles. The van der Waals surface area contributed by atoms with Gasteiger partial charge in [0.2, 0.25) is 0 Å². The first-order valence-electron chi connectivity index (χ1n) is 6.49. The van der Waals surface area contributed by atoms with Crippen LogP contribution in [0, 0.1) is 0 Å². The molecule has 4 heteroatoms. The molecule has 2 rings (SSSR count). The monoisotopic (exact) mass is 242 g/mol. The molecule has 0 bridgehead atoms. The molecule has 3 nitrogen and oxygen atoms in total. The molecule has 0 aromatic rings. The number of nitrogens with zero attached hydrogens (tertiary/aromatic N) is 1. The van der Waals surface area contributed by atoms with Crippen LogP contribution in [-0.4, -0.2) is 40.4 Å². The molecule has 0 aromatic heterocycles. The topological polar surface area (TPSA) is 35.5 Å². The van der Waals surface area contributed by atoms with Crippen LogP contribution in [0.3, 0.4) is 0 Å². The fourth-order valence-corrected chi connectivity index (χ4v) is 3.19. The van der Waals surface area contributed by atoms with Gasteiger partial charge < -0.3 is 15.3 Å². The normalized spacial score (nSPS) is 27.1. The van der Waals surface area contributed by atoms with Crippen molar-refractivity contribution in [1.82, 2.24) is 10.2 Å². The number of hydrogen-bond donors (Lipinski definition) is 2. The number of piperidine rings is 1. The molecule has 1 aliphatic heterocycles. The van der Waals surface area contributed by atoms with Gasteiger partial charge >= 0.3 is 0 Å². The zero-order valence-corrected chi connectivity index (χ0v) is 10.6. The molecule has 16 heavy (non-hydrogen) atoms. The molecule has 1 saturated heterocycles. The van der Waals surface area contributed by atoms with Crippen LogP contribution in [-0.2, 0) is 0 Å². The molecular formula is C12H22N2OS. The maximum absolute atomic E-state index is 9.34. The summed E-state index contributed by atoms with van der Waals surface area (Å²) < 4.78 is 0. The van der Waals surface area contributed by atoms with Gasteiger partial charge in [-0.2, -0.15) is 0 Å². The van der Waals surface area contributed by atoms with Crippen molar-refractivity contribution in [3.05, 3.63) is 0 Å². The standard InChI is InChI=1S/C12H22N2OS/c15-9-11-7-3-4-8-14(11)12(16)13-10-5-1-2-6-10/h10-11,15H,1-9H2,(H,13,16). The van der Waals surface area contributed by atoms with E-state index in [1.54, 1.807) is 0 Å². The molecule has 0 spiro atoms. The molecule has 92 valence electrons. The summed E-state index contributed by atoms with van der Waals surface area (Å²) >= 11 is 5.46. The van der Waals surface area contributed by atoms with Gasteiger partial charge in [-0.1, -0.05) is 12.8 Å². The van der Waals surface area contributed by atoms with Gasteiger partial charge in [0.25, 0.3) is 0 Å². The summed E-state index contributed by atoms with van der Waals surface area (Å²) in [4.78, 5) is 2.19. The zero-order valence-electron chi connectivity index (χ0n) is 9.82. The molecule has 1 aliphatic carbocycles. The average Bonchev–Trinajstić information content (AvgIpc) is 2.81. The minimum absolute atomic E-state index is 0.229. The van der Waals surface area contributed by atoms with E-state index in [9.17, 15) is 5.11 Å². The number of hydrogen-bond acceptors (Lipinski definition) is 2. The van der Waals surface area contributed by atoms with Crippen molar-refractivity contribution in [3.63, 3.8) is 0 Å². The third-order valence-corrected chi connectivity index (χ3v) is 4.13.